The predicted molar refractivity (Wildman–Crippen MR) is 98.5 cm³/mol. The fourth-order valence-corrected chi connectivity index (χ4v) is 2.53. The third-order valence-electron chi connectivity index (χ3n) is 3.55. The van der Waals surface area contributed by atoms with Gasteiger partial charge in [0.1, 0.15) is 16.6 Å². The molecule has 27 heavy (non-hydrogen) atoms. The lowest BCUT2D eigenvalue weighted by molar-refractivity contribution is 0.0990. The number of aliphatic imine (C=N–C) groups is 1. The summed E-state index contributed by atoms with van der Waals surface area (Å²) in [6, 6.07) is 0. The van der Waals surface area contributed by atoms with E-state index in [0.29, 0.717) is 12.1 Å². The van der Waals surface area contributed by atoms with Crippen LogP contribution in [-0.2, 0) is 0 Å². The van der Waals surface area contributed by atoms with Crippen LogP contribution in [-0.4, -0.2) is 52.8 Å². The van der Waals surface area contributed by atoms with Crippen LogP contribution in [0.2, 0.25) is 5.15 Å². The Bertz CT molecular complexity index is 1090. The number of aliphatic hydroxyl groups is 1. The number of carbonyl (C=O) groups is 1. The number of hydrogen-bond donors (Lipinski definition) is 4. The highest BCUT2D eigenvalue weighted by Crippen LogP contribution is 2.23. The SMILES string of the molecule is CCN=C(C(O)=C(C)N)c1nc(-c2nc(C(N)=O)n3cc(Cl)ncc23)n[nH]1. The van der Waals surface area contributed by atoms with Crippen LogP contribution in [0.1, 0.15) is 30.3 Å². The van der Waals surface area contributed by atoms with Crippen molar-refractivity contribution in [2.24, 2.45) is 16.5 Å². The number of nitrogens with one attached hydrogen (secondary N) is 1. The van der Waals surface area contributed by atoms with Crippen molar-refractivity contribution in [3.05, 3.63) is 40.7 Å². The Morgan fingerprint density at radius 2 is 2.15 bits per heavy atom. The number of aliphatic hydroxyl groups excluding tert-OH is 1. The average molecular weight is 390 g/mol. The first-order valence-corrected chi connectivity index (χ1v) is 8.18. The number of halogens is 1. The summed E-state index contributed by atoms with van der Waals surface area (Å²) in [6.45, 7) is 3.73. The fraction of sp³-hybridized carbons (Fsp3) is 0.200. The van der Waals surface area contributed by atoms with E-state index < -0.39 is 5.91 Å². The average Bonchev–Trinajstić information content (AvgIpc) is 3.23. The fourth-order valence-electron chi connectivity index (χ4n) is 2.38. The molecule has 3 rings (SSSR count). The summed E-state index contributed by atoms with van der Waals surface area (Å²) in [5.41, 5.74) is 12.1. The van der Waals surface area contributed by atoms with Crippen molar-refractivity contribution in [3.63, 3.8) is 0 Å². The Morgan fingerprint density at radius 3 is 2.78 bits per heavy atom. The van der Waals surface area contributed by atoms with Crippen molar-refractivity contribution in [3.8, 4) is 11.5 Å². The van der Waals surface area contributed by atoms with Gasteiger partial charge in [0, 0.05) is 18.4 Å². The maximum atomic E-state index is 11.7. The van der Waals surface area contributed by atoms with Gasteiger partial charge in [-0.25, -0.2) is 15.0 Å². The van der Waals surface area contributed by atoms with E-state index in [2.05, 4.69) is 30.1 Å². The molecule has 3 aromatic heterocycles. The molecule has 140 valence electrons. The zero-order valence-corrected chi connectivity index (χ0v) is 15.2. The van der Waals surface area contributed by atoms with Gasteiger partial charge in [0.05, 0.1) is 11.7 Å². The molecule has 3 heterocycles. The van der Waals surface area contributed by atoms with Crippen LogP contribution in [0.3, 0.4) is 0 Å². The largest absolute Gasteiger partial charge is 0.504 e. The highest BCUT2D eigenvalue weighted by molar-refractivity contribution is 6.29. The number of amides is 1. The van der Waals surface area contributed by atoms with Gasteiger partial charge in [0.15, 0.2) is 11.6 Å². The lowest BCUT2D eigenvalue weighted by Gasteiger charge is -2.03. The molecular formula is C15H16ClN9O2. The summed E-state index contributed by atoms with van der Waals surface area (Å²) in [6.07, 6.45) is 2.84. The molecule has 0 aliphatic carbocycles. The van der Waals surface area contributed by atoms with Crippen LogP contribution in [0.4, 0.5) is 0 Å². The van der Waals surface area contributed by atoms with E-state index in [4.69, 9.17) is 23.1 Å². The van der Waals surface area contributed by atoms with E-state index in [1.807, 2.05) is 0 Å². The molecule has 0 radical (unpaired) electrons. The zero-order chi connectivity index (χ0) is 19.7. The molecule has 0 aliphatic rings. The molecule has 6 N–H and O–H groups in total. The Kier molecular flexibility index (Phi) is 4.77. The van der Waals surface area contributed by atoms with E-state index in [1.165, 1.54) is 23.7 Å². The number of fused-ring (bicyclic) bond motifs is 1. The Hall–Kier alpha value is -3.47. The van der Waals surface area contributed by atoms with E-state index in [0.717, 1.165) is 0 Å². The first-order chi connectivity index (χ1) is 12.8. The smallest absolute Gasteiger partial charge is 0.285 e. The molecule has 0 aliphatic heterocycles. The number of imidazole rings is 1. The van der Waals surface area contributed by atoms with Gasteiger partial charge < -0.3 is 16.6 Å². The van der Waals surface area contributed by atoms with Crippen LogP contribution in [0, 0.1) is 0 Å². The van der Waals surface area contributed by atoms with Gasteiger partial charge in [-0.05, 0) is 13.8 Å². The third kappa shape index (κ3) is 3.31. The first kappa shape index (κ1) is 18.3. The van der Waals surface area contributed by atoms with Crippen molar-refractivity contribution in [1.29, 1.82) is 0 Å². The number of hydrogen-bond acceptors (Lipinski definition) is 8. The normalized spacial score (nSPS) is 13.1. The molecule has 0 aromatic carbocycles. The molecule has 0 bridgehead atoms. The van der Waals surface area contributed by atoms with Crippen LogP contribution in [0.5, 0.6) is 0 Å². The molecule has 1 amide bonds. The minimum atomic E-state index is -0.748. The van der Waals surface area contributed by atoms with E-state index in [9.17, 15) is 9.90 Å². The second-order valence-electron chi connectivity index (χ2n) is 5.48. The number of nitrogens with two attached hydrogens (primary N) is 2. The number of primary amides is 1. The highest BCUT2D eigenvalue weighted by Gasteiger charge is 2.22. The second kappa shape index (κ2) is 7.03. The van der Waals surface area contributed by atoms with E-state index in [-0.39, 0.29) is 45.5 Å². The molecule has 0 fully saturated rings. The number of rotatable bonds is 5. The molecule has 0 unspecified atom stereocenters. The number of nitrogens with zero attached hydrogens (tertiary/aromatic N) is 6. The van der Waals surface area contributed by atoms with Crippen LogP contribution in [0.25, 0.3) is 17.0 Å². The number of aromatic amines is 1. The lowest BCUT2D eigenvalue weighted by atomic mass is 10.2. The molecule has 0 saturated carbocycles. The summed E-state index contributed by atoms with van der Waals surface area (Å²) >= 11 is 5.89. The van der Waals surface area contributed by atoms with E-state index in [1.54, 1.807) is 6.92 Å². The Morgan fingerprint density at radius 1 is 1.41 bits per heavy atom. The Labute approximate surface area is 157 Å². The van der Waals surface area contributed by atoms with Crippen molar-refractivity contribution in [2.75, 3.05) is 6.54 Å². The van der Waals surface area contributed by atoms with Gasteiger partial charge in [-0.1, -0.05) is 11.6 Å². The summed E-state index contributed by atoms with van der Waals surface area (Å²) < 4.78 is 1.41. The van der Waals surface area contributed by atoms with Gasteiger partial charge in [0.25, 0.3) is 5.91 Å². The third-order valence-corrected chi connectivity index (χ3v) is 3.74. The van der Waals surface area contributed by atoms with Crippen molar-refractivity contribution in [1.82, 2.24) is 29.5 Å². The van der Waals surface area contributed by atoms with Gasteiger partial charge in [-0.3, -0.25) is 19.3 Å². The van der Waals surface area contributed by atoms with Crippen molar-refractivity contribution in [2.45, 2.75) is 13.8 Å². The molecule has 12 heteroatoms. The monoisotopic (exact) mass is 389 g/mol. The summed E-state index contributed by atoms with van der Waals surface area (Å²) in [5.74, 6) is -0.649. The molecule has 0 spiro atoms. The molecule has 3 aromatic rings. The highest BCUT2D eigenvalue weighted by atomic mass is 35.5. The van der Waals surface area contributed by atoms with Crippen molar-refractivity contribution >= 4 is 28.7 Å². The summed E-state index contributed by atoms with van der Waals surface area (Å²) in [5, 5.41) is 17.1. The maximum Gasteiger partial charge on any atom is 0.285 e. The number of aromatic nitrogens is 6. The standard InChI is InChI=1S/C15H16ClN9O2/c1-3-19-10(11(26)6(2)17)14-22-13(23-24-14)9-7-4-20-8(16)5-25(7)15(21-9)12(18)27/h4-5,26H,3,17H2,1-2H3,(H2,18,27)(H,22,23,24). The lowest BCUT2D eigenvalue weighted by Crippen LogP contribution is -2.15. The van der Waals surface area contributed by atoms with Gasteiger partial charge in [-0.2, -0.15) is 5.10 Å². The maximum absolute atomic E-state index is 11.7. The summed E-state index contributed by atoms with van der Waals surface area (Å²) in [7, 11) is 0. The van der Waals surface area contributed by atoms with Gasteiger partial charge in [-0.15, -0.1) is 0 Å². The number of allylic oxidation sites excluding steroid dienone is 2. The van der Waals surface area contributed by atoms with Gasteiger partial charge >= 0.3 is 0 Å². The molecular weight excluding hydrogens is 374 g/mol. The zero-order valence-electron chi connectivity index (χ0n) is 14.4. The topological polar surface area (TPSA) is 173 Å². The second-order valence-corrected chi connectivity index (χ2v) is 5.86. The minimum Gasteiger partial charge on any atom is -0.504 e. The van der Waals surface area contributed by atoms with E-state index >= 15 is 0 Å². The minimum absolute atomic E-state index is 0.0429. The van der Waals surface area contributed by atoms with Gasteiger partial charge in [0.2, 0.25) is 11.6 Å². The van der Waals surface area contributed by atoms with Crippen LogP contribution >= 0.6 is 11.6 Å². The van der Waals surface area contributed by atoms with Crippen molar-refractivity contribution < 1.29 is 9.90 Å². The summed E-state index contributed by atoms with van der Waals surface area (Å²) in [4.78, 5) is 28.4. The molecule has 0 saturated heterocycles. The Balaban J connectivity index is 2.16. The van der Waals surface area contributed by atoms with Crippen LogP contribution in [0.15, 0.2) is 28.8 Å². The quantitative estimate of drug-likeness (QED) is 0.369. The predicted octanol–water partition coefficient (Wildman–Crippen LogP) is 0.824. The van der Waals surface area contributed by atoms with Crippen LogP contribution < -0.4 is 11.5 Å². The first-order valence-electron chi connectivity index (χ1n) is 7.80. The molecule has 0 atom stereocenters. The number of H-pyrrole nitrogens is 1. The number of carbonyl (C=O) groups excluding carboxylic acids is 1. The molecule has 11 nitrogen and oxygen atoms in total.